The highest BCUT2D eigenvalue weighted by Crippen LogP contribution is 2.17. The van der Waals surface area contributed by atoms with Crippen LogP contribution in [0.2, 0.25) is 0 Å². The third-order valence-corrected chi connectivity index (χ3v) is 7.85. The summed E-state index contributed by atoms with van der Waals surface area (Å²) in [5, 5.41) is 0. The average Bonchev–Trinajstić information content (AvgIpc) is 2.76. The maximum Gasteiger partial charge on any atom is 0.282 e. The van der Waals surface area contributed by atoms with Crippen molar-refractivity contribution in [2.45, 2.75) is 13.1 Å². The lowest BCUT2D eigenvalue weighted by molar-refractivity contribution is 0.154. The van der Waals surface area contributed by atoms with Gasteiger partial charge in [0.25, 0.3) is 10.2 Å². The molecule has 0 bridgehead atoms. The molecule has 2 fully saturated rings. The van der Waals surface area contributed by atoms with Gasteiger partial charge in [-0.25, -0.2) is 0 Å². The highest BCUT2D eigenvalue weighted by Gasteiger charge is 2.34. The lowest BCUT2D eigenvalue weighted by Gasteiger charge is -2.39. The molecule has 6 nitrogen and oxygen atoms in total. The molecule has 0 N–H and O–H groups in total. The van der Waals surface area contributed by atoms with Crippen molar-refractivity contribution in [1.29, 1.82) is 0 Å². The zero-order valence-electron chi connectivity index (χ0n) is 16.9. The second-order valence-corrected chi connectivity index (χ2v) is 9.76. The number of nitrogens with zero attached hydrogens (tertiary/aromatic N) is 4. The van der Waals surface area contributed by atoms with Gasteiger partial charge in [0.1, 0.15) is 0 Å². The van der Waals surface area contributed by atoms with Crippen molar-refractivity contribution in [2.24, 2.45) is 0 Å². The summed E-state index contributed by atoms with van der Waals surface area (Å²) in [5.41, 5.74) is 2.55. The first kappa shape index (κ1) is 20.5. The summed E-state index contributed by atoms with van der Waals surface area (Å²) in [6.07, 6.45) is 0. The fraction of sp³-hybridized carbons (Fsp3) is 0.455. The molecule has 0 spiro atoms. The molecular formula is C22H30N4O2S. The standard InChI is InChI=1S/C22H30N4O2S/c27-29(28,25-15-11-23(12-16-25)19-21-7-3-1-4-8-21)26-17-13-24(14-18-26)20-22-9-5-2-6-10-22/h1-10H,11-20H2. The van der Waals surface area contributed by atoms with E-state index in [1.165, 1.54) is 11.1 Å². The second-order valence-electron chi connectivity index (χ2n) is 7.83. The van der Waals surface area contributed by atoms with Crippen LogP contribution in [0.25, 0.3) is 0 Å². The number of benzene rings is 2. The van der Waals surface area contributed by atoms with E-state index in [0.29, 0.717) is 26.2 Å². The Labute approximate surface area is 174 Å². The van der Waals surface area contributed by atoms with Crippen molar-refractivity contribution in [3.05, 3.63) is 71.8 Å². The number of hydrogen-bond acceptors (Lipinski definition) is 4. The summed E-state index contributed by atoms with van der Waals surface area (Å²) in [6.45, 7) is 7.16. The molecule has 156 valence electrons. The second kappa shape index (κ2) is 9.36. The quantitative estimate of drug-likeness (QED) is 0.724. The van der Waals surface area contributed by atoms with Crippen LogP contribution in [0.3, 0.4) is 0 Å². The van der Waals surface area contributed by atoms with E-state index in [1.54, 1.807) is 8.61 Å². The van der Waals surface area contributed by atoms with Crippen LogP contribution in [0.1, 0.15) is 11.1 Å². The molecule has 0 unspecified atom stereocenters. The topological polar surface area (TPSA) is 47.1 Å². The summed E-state index contributed by atoms with van der Waals surface area (Å²) in [4.78, 5) is 4.66. The summed E-state index contributed by atoms with van der Waals surface area (Å²) in [6, 6.07) is 20.7. The zero-order chi connectivity index (χ0) is 20.1. The van der Waals surface area contributed by atoms with Gasteiger partial charge in [-0.3, -0.25) is 9.80 Å². The first-order valence-corrected chi connectivity index (χ1v) is 11.8. The lowest BCUT2D eigenvalue weighted by Crippen LogP contribution is -2.56. The van der Waals surface area contributed by atoms with Gasteiger partial charge in [-0.05, 0) is 11.1 Å². The lowest BCUT2D eigenvalue weighted by atomic mass is 10.2. The number of hydrogen-bond donors (Lipinski definition) is 0. The van der Waals surface area contributed by atoms with Crippen molar-refractivity contribution in [2.75, 3.05) is 52.4 Å². The molecule has 0 amide bonds. The van der Waals surface area contributed by atoms with Gasteiger partial charge >= 0.3 is 0 Å². The molecule has 0 saturated carbocycles. The first-order valence-electron chi connectivity index (χ1n) is 10.4. The maximum atomic E-state index is 13.1. The van der Waals surface area contributed by atoms with Gasteiger partial charge < -0.3 is 0 Å². The fourth-order valence-electron chi connectivity index (χ4n) is 4.08. The van der Waals surface area contributed by atoms with Crippen LogP contribution in [0.15, 0.2) is 60.7 Å². The van der Waals surface area contributed by atoms with Crippen LogP contribution in [-0.2, 0) is 23.3 Å². The third kappa shape index (κ3) is 5.24. The SMILES string of the molecule is O=S(=O)(N1CCN(Cc2ccccc2)CC1)N1CCN(Cc2ccccc2)CC1. The van der Waals surface area contributed by atoms with Crippen LogP contribution in [0.5, 0.6) is 0 Å². The predicted molar refractivity (Wildman–Crippen MR) is 116 cm³/mol. The normalized spacial score (nSPS) is 20.7. The molecule has 2 aromatic rings. The van der Waals surface area contributed by atoms with Crippen LogP contribution < -0.4 is 0 Å². The summed E-state index contributed by atoms with van der Waals surface area (Å²) in [7, 11) is -3.36. The highest BCUT2D eigenvalue weighted by molar-refractivity contribution is 7.86. The van der Waals surface area contributed by atoms with E-state index >= 15 is 0 Å². The summed E-state index contributed by atoms with van der Waals surface area (Å²) >= 11 is 0. The Morgan fingerprint density at radius 1 is 0.552 bits per heavy atom. The monoisotopic (exact) mass is 414 g/mol. The van der Waals surface area contributed by atoms with Gasteiger partial charge in [0.15, 0.2) is 0 Å². The Balaban J connectivity index is 1.26. The van der Waals surface area contributed by atoms with Gasteiger partial charge in [-0.15, -0.1) is 0 Å². The van der Waals surface area contributed by atoms with E-state index in [9.17, 15) is 8.42 Å². The molecular weight excluding hydrogens is 384 g/mol. The largest absolute Gasteiger partial charge is 0.296 e. The Hall–Kier alpha value is -1.77. The van der Waals surface area contributed by atoms with E-state index in [4.69, 9.17) is 0 Å². The van der Waals surface area contributed by atoms with Crippen LogP contribution in [0.4, 0.5) is 0 Å². The van der Waals surface area contributed by atoms with Crippen LogP contribution >= 0.6 is 0 Å². The minimum atomic E-state index is -3.36. The van der Waals surface area contributed by atoms with E-state index in [-0.39, 0.29) is 0 Å². The van der Waals surface area contributed by atoms with E-state index in [1.807, 2.05) is 36.4 Å². The third-order valence-electron chi connectivity index (χ3n) is 5.81. The first-order chi connectivity index (χ1) is 14.1. The molecule has 0 atom stereocenters. The average molecular weight is 415 g/mol. The van der Waals surface area contributed by atoms with Crippen molar-refractivity contribution < 1.29 is 8.42 Å². The van der Waals surface area contributed by atoms with E-state index in [0.717, 1.165) is 39.3 Å². The van der Waals surface area contributed by atoms with Gasteiger partial charge in [0, 0.05) is 65.4 Å². The summed E-state index contributed by atoms with van der Waals surface area (Å²) < 4.78 is 29.5. The molecule has 0 radical (unpaired) electrons. The molecule has 0 aliphatic carbocycles. The maximum absolute atomic E-state index is 13.1. The van der Waals surface area contributed by atoms with Gasteiger partial charge in [-0.2, -0.15) is 17.0 Å². The molecule has 2 heterocycles. The van der Waals surface area contributed by atoms with Crippen LogP contribution in [0, 0.1) is 0 Å². The van der Waals surface area contributed by atoms with Gasteiger partial charge in [-0.1, -0.05) is 60.7 Å². The van der Waals surface area contributed by atoms with Gasteiger partial charge in [0.2, 0.25) is 0 Å². The molecule has 2 saturated heterocycles. The Kier molecular flexibility index (Phi) is 6.62. The van der Waals surface area contributed by atoms with E-state index < -0.39 is 10.2 Å². The summed E-state index contributed by atoms with van der Waals surface area (Å²) in [5.74, 6) is 0. The Bertz CT molecular complexity index is 793. The highest BCUT2D eigenvalue weighted by atomic mass is 32.2. The van der Waals surface area contributed by atoms with Crippen LogP contribution in [-0.4, -0.2) is 79.2 Å². The molecule has 2 aromatic carbocycles. The molecule has 2 aliphatic rings. The predicted octanol–water partition coefficient (Wildman–Crippen LogP) is 1.87. The van der Waals surface area contributed by atoms with Gasteiger partial charge in [0.05, 0.1) is 0 Å². The number of rotatable bonds is 6. The smallest absolute Gasteiger partial charge is 0.282 e. The van der Waals surface area contributed by atoms with Crippen molar-refractivity contribution in [1.82, 2.24) is 18.4 Å². The number of piperazine rings is 2. The molecule has 4 rings (SSSR count). The molecule has 29 heavy (non-hydrogen) atoms. The zero-order valence-corrected chi connectivity index (χ0v) is 17.7. The van der Waals surface area contributed by atoms with Crippen molar-refractivity contribution in [3.8, 4) is 0 Å². The molecule has 2 aliphatic heterocycles. The fourth-order valence-corrected chi connectivity index (χ4v) is 5.66. The molecule has 7 heteroatoms. The minimum absolute atomic E-state index is 0.569. The van der Waals surface area contributed by atoms with Crippen molar-refractivity contribution in [3.63, 3.8) is 0 Å². The van der Waals surface area contributed by atoms with E-state index in [2.05, 4.69) is 34.1 Å². The Morgan fingerprint density at radius 2 is 0.897 bits per heavy atom. The Morgan fingerprint density at radius 3 is 1.24 bits per heavy atom. The minimum Gasteiger partial charge on any atom is -0.296 e. The van der Waals surface area contributed by atoms with Crippen molar-refractivity contribution >= 4 is 10.2 Å². The molecule has 0 aromatic heterocycles.